The third-order valence-corrected chi connectivity index (χ3v) is 6.98. The van der Waals surface area contributed by atoms with Crippen LogP contribution in [0.25, 0.3) is 0 Å². The van der Waals surface area contributed by atoms with Crippen molar-refractivity contribution in [3.63, 3.8) is 0 Å². The molecule has 1 N–H and O–H groups in total. The first-order valence-electron chi connectivity index (χ1n) is 7.94. The lowest BCUT2D eigenvalue weighted by molar-refractivity contribution is 0.0919. The predicted molar refractivity (Wildman–Crippen MR) is 101 cm³/mol. The molecule has 0 radical (unpaired) electrons. The molecule has 0 aliphatic carbocycles. The molecule has 2 aromatic heterocycles. The molecular weight excluding hydrogens is 392 g/mol. The lowest BCUT2D eigenvalue weighted by atomic mass is 9.97. The Morgan fingerprint density at radius 2 is 2.17 bits per heavy atom. The number of nitrogens with zero attached hydrogens (tertiary/aromatic N) is 1. The highest BCUT2D eigenvalue weighted by atomic mass is 79.9. The van der Waals surface area contributed by atoms with Crippen molar-refractivity contribution in [2.45, 2.75) is 25.8 Å². The van der Waals surface area contributed by atoms with Gasteiger partial charge in [-0.15, -0.1) is 22.7 Å². The Kier molecular flexibility index (Phi) is 5.91. The summed E-state index contributed by atoms with van der Waals surface area (Å²) < 4.78 is 0.988. The number of carbonyl (C=O) groups excluding carboxylic acids is 1. The van der Waals surface area contributed by atoms with Crippen LogP contribution in [-0.2, 0) is 0 Å². The molecule has 23 heavy (non-hydrogen) atoms. The van der Waals surface area contributed by atoms with Crippen LogP contribution >= 0.6 is 38.6 Å². The van der Waals surface area contributed by atoms with Crippen molar-refractivity contribution in [1.82, 2.24) is 10.2 Å². The van der Waals surface area contributed by atoms with E-state index >= 15 is 0 Å². The molecule has 3 heterocycles. The molecule has 0 aromatic carbocycles. The van der Waals surface area contributed by atoms with Crippen LogP contribution in [0.3, 0.4) is 0 Å². The van der Waals surface area contributed by atoms with Gasteiger partial charge in [0.1, 0.15) is 0 Å². The third kappa shape index (κ3) is 4.44. The highest BCUT2D eigenvalue weighted by molar-refractivity contribution is 9.11. The van der Waals surface area contributed by atoms with Gasteiger partial charge >= 0.3 is 0 Å². The van der Waals surface area contributed by atoms with Gasteiger partial charge in [-0.25, -0.2) is 0 Å². The number of amides is 1. The Labute approximate surface area is 153 Å². The van der Waals surface area contributed by atoms with E-state index < -0.39 is 0 Å². The maximum absolute atomic E-state index is 12.3. The number of hydrogen-bond donors (Lipinski definition) is 1. The lowest BCUT2D eigenvalue weighted by Crippen LogP contribution is -2.41. The van der Waals surface area contributed by atoms with E-state index in [0.717, 1.165) is 27.7 Å². The molecule has 1 aliphatic rings. The Morgan fingerprint density at radius 3 is 2.78 bits per heavy atom. The van der Waals surface area contributed by atoms with Crippen LogP contribution in [0.1, 0.15) is 40.4 Å². The topological polar surface area (TPSA) is 32.3 Å². The number of thiophene rings is 2. The Morgan fingerprint density at radius 1 is 1.39 bits per heavy atom. The third-order valence-electron chi connectivity index (χ3n) is 4.38. The molecule has 6 heteroatoms. The van der Waals surface area contributed by atoms with Gasteiger partial charge in [0.25, 0.3) is 5.91 Å². The number of hydrogen-bond acceptors (Lipinski definition) is 4. The van der Waals surface area contributed by atoms with E-state index in [0.29, 0.717) is 6.54 Å². The van der Waals surface area contributed by atoms with E-state index in [2.05, 4.69) is 50.6 Å². The summed E-state index contributed by atoms with van der Waals surface area (Å²) in [6.45, 7) is 5.23. The van der Waals surface area contributed by atoms with Gasteiger partial charge in [-0.3, -0.25) is 9.69 Å². The van der Waals surface area contributed by atoms with Crippen molar-refractivity contribution in [3.8, 4) is 0 Å². The minimum atomic E-state index is 0.0210. The van der Waals surface area contributed by atoms with E-state index in [1.54, 1.807) is 11.3 Å². The number of carbonyl (C=O) groups is 1. The van der Waals surface area contributed by atoms with Crippen molar-refractivity contribution in [2.24, 2.45) is 5.92 Å². The molecule has 0 bridgehead atoms. The number of halogens is 1. The van der Waals surface area contributed by atoms with Crippen LogP contribution in [0.5, 0.6) is 0 Å². The molecule has 124 valence electrons. The number of likely N-dealkylation sites (tertiary alicyclic amines) is 1. The van der Waals surface area contributed by atoms with Crippen molar-refractivity contribution in [3.05, 3.63) is 43.2 Å². The number of piperidine rings is 1. The standard InChI is InChI=1S/C17H21BrN2OS2/c1-12-6-8-20(9-7-12)13(14-3-2-10-22-14)11-19-17(21)15-4-5-16(18)23-15/h2-5,10,12-13H,6-9,11H2,1H3,(H,19,21). The van der Waals surface area contributed by atoms with Crippen molar-refractivity contribution >= 4 is 44.5 Å². The molecule has 3 rings (SSSR count). The van der Waals surface area contributed by atoms with Gasteiger partial charge in [0.05, 0.1) is 14.7 Å². The first-order valence-corrected chi connectivity index (χ1v) is 10.4. The quantitative estimate of drug-likeness (QED) is 0.766. The van der Waals surface area contributed by atoms with E-state index in [-0.39, 0.29) is 11.9 Å². The summed E-state index contributed by atoms with van der Waals surface area (Å²) in [5, 5.41) is 5.24. The second-order valence-electron chi connectivity index (χ2n) is 6.06. The summed E-state index contributed by atoms with van der Waals surface area (Å²) in [4.78, 5) is 17.0. The lowest BCUT2D eigenvalue weighted by Gasteiger charge is -2.36. The monoisotopic (exact) mass is 412 g/mol. The Hall–Kier alpha value is -0.690. The SMILES string of the molecule is CC1CCN(C(CNC(=O)c2ccc(Br)s2)c2cccs2)CC1. The average molecular weight is 413 g/mol. The zero-order chi connectivity index (χ0) is 16.2. The minimum absolute atomic E-state index is 0.0210. The van der Waals surface area contributed by atoms with Crippen LogP contribution in [-0.4, -0.2) is 30.4 Å². The van der Waals surface area contributed by atoms with Crippen molar-refractivity contribution in [2.75, 3.05) is 19.6 Å². The van der Waals surface area contributed by atoms with Gasteiger partial charge in [-0.05, 0) is 71.4 Å². The van der Waals surface area contributed by atoms with E-state index in [1.807, 2.05) is 12.1 Å². The summed E-state index contributed by atoms with van der Waals surface area (Å²) in [6.07, 6.45) is 2.49. The second kappa shape index (κ2) is 7.92. The fourth-order valence-electron chi connectivity index (χ4n) is 2.94. The molecule has 1 saturated heterocycles. The summed E-state index contributed by atoms with van der Waals surface area (Å²) in [5.41, 5.74) is 0. The molecule has 1 atom stereocenters. The molecular formula is C17H21BrN2OS2. The maximum atomic E-state index is 12.3. The molecule has 0 spiro atoms. The van der Waals surface area contributed by atoms with Crippen molar-refractivity contribution in [1.29, 1.82) is 0 Å². The minimum Gasteiger partial charge on any atom is -0.349 e. The molecule has 1 amide bonds. The fraction of sp³-hybridized carbons (Fsp3) is 0.471. The summed E-state index contributed by atoms with van der Waals surface area (Å²) in [7, 11) is 0. The van der Waals surface area contributed by atoms with Gasteiger partial charge in [0, 0.05) is 11.4 Å². The van der Waals surface area contributed by atoms with Gasteiger partial charge in [-0.2, -0.15) is 0 Å². The first-order chi connectivity index (χ1) is 11.1. The van der Waals surface area contributed by atoms with Crippen molar-refractivity contribution < 1.29 is 4.79 Å². The number of nitrogens with one attached hydrogen (secondary N) is 1. The normalized spacial score (nSPS) is 18.0. The van der Waals surface area contributed by atoms with E-state index in [1.165, 1.54) is 29.1 Å². The zero-order valence-electron chi connectivity index (χ0n) is 13.1. The fourth-order valence-corrected chi connectivity index (χ4v) is 5.11. The molecule has 1 unspecified atom stereocenters. The summed E-state index contributed by atoms with van der Waals surface area (Å²) >= 11 is 6.67. The molecule has 2 aromatic rings. The molecule has 1 fully saturated rings. The second-order valence-corrected chi connectivity index (χ2v) is 9.51. The zero-order valence-corrected chi connectivity index (χ0v) is 16.3. The van der Waals surface area contributed by atoms with Crippen LogP contribution in [0.2, 0.25) is 0 Å². The first kappa shape index (κ1) is 17.1. The Bertz CT molecular complexity index is 633. The highest BCUT2D eigenvalue weighted by Gasteiger charge is 2.26. The van der Waals surface area contributed by atoms with Gasteiger partial charge in [-0.1, -0.05) is 13.0 Å². The summed E-state index contributed by atoms with van der Waals surface area (Å²) in [5.74, 6) is 0.834. The van der Waals surface area contributed by atoms with Gasteiger partial charge in [0.15, 0.2) is 0 Å². The Balaban J connectivity index is 1.66. The predicted octanol–water partition coefficient (Wildman–Crippen LogP) is 4.78. The number of rotatable bonds is 5. The molecule has 0 saturated carbocycles. The summed E-state index contributed by atoms with van der Waals surface area (Å²) in [6, 6.07) is 8.35. The van der Waals surface area contributed by atoms with Gasteiger partial charge < -0.3 is 5.32 Å². The largest absolute Gasteiger partial charge is 0.349 e. The molecule has 1 aliphatic heterocycles. The molecule has 3 nitrogen and oxygen atoms in total. The maximum Gasteiger partial charge on any atom is 0.261 e. The van der Waals surface area contributed by atoms with Crippen LogP contribution < -0.4 is 5.32 Å². The smallest absolute Gasteiger partial charge is 0.261 e. The van der Waals surface area contributed by atoms with Crippen LogP contribution in [0.4, 0.5) is 0 Å². The highest BCUT2D eigenvalue weighted by Crippen LogP contribution is 2.29. The van der Waals surface area contributed by atoms with Crippen LogP contribution in [0, 0.1) is 5.92 Å². The van der Waals surface area contributed by atoms with E-state index in [4.69, 9.17) is 0 Å². The average Bonchev–Trinajstić information content (AvgIpc) is 3.21. The van der Waals surface area contributed by atoms with Crippen LogP contribution in [0.15, 0.2) is 33.4 Å². The van der Waals surface area contributed by atoms with E-state index in [9.17, 15) is 4.79 Å². The van der Waals surface area contributed by atoms with Gasteiger partial charge in [0.2, 0.25) is 0 Å².